The molecule has 0 amide bonds. The van der Waals surface area contributed by atoms with Crippen molar-refractivity contribution in [3.8, 4) is 0 Å². The second kappa shape index (κ2) is 5.16. The molecule has 1 rings (SSSR count). The first-order chi connectivity index (χ1) is 5.77. The van der Waals surface area contributed by atoms with E-state index >= 15 is 0 Å². The van der Waals surface area contributed by atoms with Crippen molar-refractivity contribution in [3.63, 3.8) is 0 Å². The minimum atomic E-state index is 0.704. The monoisotopic (exact) mass is 186 g/mol. The molecule has 0 spiro atoms. The summed E-state index contributed by atoms with van der Waals surface area (Å²) in [5.41, 5.74) is 0. The van der Waals surface area contributed by atoms with Crippen LogP contribution < -0.4 is 0 Å². The van der Waals surface area contributed by atoms with Gasteiger partial charge in [0, 0.05) is 5.25 Å². The summed E-state index contributed by atoms with van der Waals surface area (Å²) >= 11 is 4.53. The van der Waals surface area contributed by atoms with Gasteiger partial charge in [0.25, 0.3) is 0 Å². The Balaban J connectivity index is 2.32. The minimum Gasteiger partial charge on any atom is -0.176 e. The molecule has 1 aliphatic rings. The van der Waals surface area contributed by atoms with E-state index in [0.29, 0.717) is 5.25 Å². The molecule has 0 atom stereocenters. The quantitative estimate of drug-likeness (QED) is 0.635. The van der Waals surface area contributed by atoms with Crippen LogP contribution in [-0.4, -0.2) is 5.25 Å². The number of hydrogen-bond acceptors (Lipinski definition) is 1. The lowest BCUT2D eigenvalue weighted by molar-refractivity contribution is 0.240. The summed E-state index contributed by atoms with van der Waals surface area (Å²) in [5.74, 6) is 2.01. The van der Waals surface area contributed by atoms with Crippen molar-refractivity contribution < 1.29 is 0 Å². The average molecular weight is 186 g/mol. The SMILES string of the molecule is CCC(CC)C1CCC(S)CC1. The van der Waals surface area contributed by atoms with E-state index in [4.69, 9.17) is 0 Å². The average Bonchev–Trinajstić information content (AvgIpc) is 2.10. The van der Waals surface area contributed by atoms with E-state index < -0.39 is 0 Å². The Morgan fingerprint density at radius 2 is 1.58 bits per heavy atom. The second-order valence-electron chi connectivity index (χ2n) is 4.15. The Kier molecular flexibility index (Phi) is 4.49. The fraction of sp³-hybridized carbons (Fsp3) is 1.00. The first-order valence-electron chi connectivity index (χ1n) is 5.46. The summed E-state index contributed by atoms with van der Waals surface area (Å²) in [7, 11) is 0. The van der Waals surface area contributed by atoms with Crippen molar-refractivity contribution >= 4 is 12.6 Å². The van der Waals surface area contributed by atoms with Gasteiger partial charge in [0.1, 0.15) is 0 Å². The summed E-state index contributed by atoms with van der Waals surface area (Å²) < 4.78 is 0. The maximum Gasteiger partial charge on any atom is 0.00170 e. The first-order valence-corrected chi connectivity index (χ1v) is 5.97. The van der Waals surface area contributed by atoms with Crippen LogP contribution in [-0.2, 0) is 0 Å². The molecular formula is C11H22S. The van der Waals surface area contributed by atoms with Gasteiger partial charge in [0.05, 0.1) is 0 Å². The van der Waals surface area contributed by atoms with Gasteiger partial charge in [-0.2, -0.15) is 12.6 Å². The Labute approximate surface area is 82.5 Å². The highest BCUT2D eigenvalue weighted by molar-refractivity contribution is 7.80. The van der Waals surface area contributed by atoms with E-state index in [9.17, 15) is 0 Å². The Morgan fingerprint density at radius 3 is 2.00 bits per heavy atom. The summed E-state index contributed by atoms with van der Waals surface area (Å²) in [6.07, 6.45) is 8.31. The van der Waals surface area contributed by atoms with Crippen LogP contribution in [0.4, 0.5) is 0 Å². The molecule has 12 heavy (non-hydrogen) atoms. The zero-order valence-electron chi connectivity index (χ0n) is 8.42. The van der Waals surface area contributed by atoms with E-state index in [1.807, 2.05) is 0 Å². The van der Waals surface area contributed by atoms with Crippen LogP contribution in [0.25, 0.3) is 0 Å². The van der Waals surface area contributed by atoms with Crippen LogP contribution in [0.1, 0.15) is 52.4 Å². The number of hydrogen-bond donors (Lipinski definition) is 1. The lowest BCUT2D eigenvalue weighted by Gasteiger charge is -2.31. The van der Waals surface area contributed by atoms with Crippen LogP contribution in [0.5, 0.6) is 0 Å². The van der Waals surface area contributed by atoms with E-state index in [1.165, 1.54) is 38.5 Å². The molecule has 0 N–H and O–H groups in total. The summed E-state index contributed by atoms with van der Waals surface area (Å²) in [5, 5.41) is 0.704. The molecule has 1 saturated carbocycles. The van der Waals surface area contributed by atoms with Crippen LogP contribution in [0.2, 0.25) is 0 Å². The second-order valence-corrected chi connectivity index (χ2v) is 4.88. The van der Waals surface area contributed by atoms with Gasteiger partial charge in [0.15, 0.2) is 0 Å². The topological polar surface area (TPSA) is 0 Å². The molecule has 72 valence electrons. The van der Waals surface area contributed by atoms with Crippen LogP contribution in [0.3, 0.4) is 0 Å². The minimum absolute atomic E-state index is 0.704. The van der Waals surface area contributed by atoms with Gasteiger partial charge < -0.3 is 0 Å². The van der Waals surface area contributed by atoms with E-state index in [-0.39, 0.29) is 0 Å². The lowest BCUT2D eigenvalue weighted by atomic mass is 9.77. The lowest BCUT2D eigenvalue weighted by Crippen LogP contribution is -2.21. The van der Waals surface area contributed by atoms with Gasteiger partial charge in [0.2, 0.25) is 0 Å². The van der Waals surface area contributed by atoms with Gasteiger partial charge in [-0.05, 0) is 37.5 Å². The maximum atomic E-state index is 4.53. The van der Waals surface area contributed by atoms with Crippen LogP contribution in [0, 0.1) is 11.8 Å². The first kappa shape index (κ1) is 10.4. The molecule has 1 heteroatoms. The largest absolute Gasteiger partial charge is 0.176 e. The van der Waals surface area contributed by atoms with Crippen molar-refractivity contribution in [3.05, 3.63) is 0 Å². The van der Waals surface area contributed by atoms with Gasteiger partial charge in [-0.1, -0.05) is 26.7 Å². The normalized spacial score (nSPS) is 31.0. The zero-order chi connectivity index (χ0) is 8.97. The molecule has 1 aliphatic carbocycles. The Morgan fingerprint density at radius 1 is 1.08 bits per heavy atom. The predicted octanol–water partition coefficient (Wildman–Crippen LogP) is 3.91. The van der Waals surface area contributed by atoms with Crippen molar-refractivity contribution in [2.75, 3.05) is 0 Å². The fourth-order valence-corrected chi connectivity index (χ4v) is 2.83. The molecule has 0 aromatic heterocycles. The highest BCUT2D eigenvalue weighted by Crippen LogP contribution is 2.34. The van der Waals surface area contributed by atoms with Gasteiger partial charge in [-0.3, -0.25) is 0 Å². The molecule has 0 saturated heterocycles. The van der Waals surface area contributed by atoms with Crippen molar-refractivity contribution in [2.45, 2.75) is 57.6 Å². The highest BCUT2D eigenvalue weighted by Gasteiger charge is 2.23. The predicted molar refractivity (Wildman–Crippen MR) is 58.8 cm³/mol. The van der Waals surface area contributed by atoms with Gasteiger partial charge in [-0.25, -0.2) is 0 Å². The van der Waals surface area contributed by atoms with Gasteiger partial charge >= 0.3 is 0 Å². The van der Waals surface area contributed by atoms with Crippen molar-refractivity contribution in [1.29, 1.82) is 0 Å². The summed E-state index contributed by atoms with van der Waals surface area (Å²) in [6, 6.07) is 0. The third-order valence-corrected chi connectivity index (χ3v) is 3.97. The standard InChI is InChI=1S/C11H22S/c1-3-9(4-2)10-5-7-11(12)8-6-10/h9-12H,3-8H2,1-2H3. The van der Waals surface area contributed by atoms with Crippen molar-refractivity contribution in [1.82, 2.24) is 0 Å². The van der Waals surface area contributed by atoms with E-state index in [2.05, 4.69) is 26.5 Å². The van der Waals surface area contributed by atoms with Crippen molar-refractivity contribution in [2.24, 2.45) is 11.8 Å². The third-order valence-electron chi connectivity index (χ3n) is 3.46. The number of rotatable bonds is 3. The highest BCUT2D eigenvalue weighted by atomic mass is 32.1. The van der Waals surface area contributed by atoms with E-state index in [0.717, 1.165) is 11.8 Å². The molecule has 0 nitrogen and oxygen atoms in total. The molecule has 0 bridgehead atoms. The van der Waals surface area contributed by atoms with E-state index in [1.54, 1.807) is 0 Å². The smallest absolute Gasteiger partial charge is 0.00170 e. The molecular weight excluding hydrogens is 164 g/mol. The van der Waals surface area contributed by atoms with Crippen LogP contribution >= 0.6 is 12.6 Å². The Hall–Kier alpha value is 0.350. The Bertz CT molecular complexity index is 110. The molecule has 0 aliphatic heterocycles. The van der Waals surface area contributed by atoms with Crippen LogP contribution in [0.15, 0.2) is 0 Å². The fourth-order valence-electron chi connectivity index (χ4n) is 2.53. The molecule has 0 aromatic rings. The third kappa shape index (κ3) is 2.69. The molecule has 0 aromatic carbocycles. The summed E-state index contributed by atoms with van der Waals surface area (Å²) in [6.45, 7) is 4.67. The molecule has 1 fully saturated rings. The summed E-state index contributed by atoms with van der Waals surface area (Å²) in [4.78, 5) is 0. The number of thiol groups is 1. The van der Waals surface area contributed by atoms with Gasteiger partial charge in [-0.15, -0.1) is 0 Å². The molecule has 0 unspecified atom stereocenters. The molecule has 0 heterocycles. The zero-order valence-corrected chi connectivity index (χ0v) is 9.32. The molecule has 0 radical (unpaired) electrons. The maximum absolute atomic E-state index is 4.53.